The topological polar surface area (TPSA) is 165 Å². The third kappa shape index (κ3) is 5.09. The number of carbonyl (C=O) groups excluding carboxylic acids is 4. The van der Waals surface area contributed by atoms with Gasteiger partial charge in [-0.15, -0.1) is 0 Å². The molecule has 4 aliphatic rings. The molecule has 12 heteroatoms. The summed E-state index contributed by atoms with van der Waals surface area (Å²) in [5.41, 5.74) is 4.70. The Morgan fingerprint density at radius 3 is 2.71 bits per heavy atom. The Kier molecular flexibility index (Phi) is 6.98. The summed E-state index contributed by atoms with van der Waals surface area (Å²) in [4.78, 5) is 52.0. The van der Waals surface area contributed by atoms with Gasteiger partial charge >= 0.3 is 0 Å². The lowest BCUT2D eigenvalue weighted by atomic mass is 10.1. The van der Waals surface area contributed by atoms with Crippen molar-refractivity contribution in [2.75, 3.05) is 6.54 Å². The summed E-state index contributed by atoms with van der Waals surface area (Å²) in [5, 5.41) is 2.76. The second-order valence-corrected chi connectivity index (χ2v) is 12.6. The highest BCUT2D eigenvalue weighted by Crippen LogP contribution is 2.47. The number of ether oxygens (including phenoxy) is 1. The molecule has 194 valence electrons. The Balaban J connectivity index is 1.60. The van der Waals surface area contributed by atoms with Gasteiger partial charge in [0.05, 0.1) is 17.3 Å². The second-order valence-electron chi connectivity index (χ2n) is 10.4. The van der Waals surface area contributed by atoms with Gasteiger partial charge < -0.3 is 20.7 Å². The molecule has 0 aromatic carbocycles. The minimum Gasteiger partial charge on any atom is -0.463 e. The van der Waals surface area contributed by atoms with E-state index in [2.05, 4.69) is 10.0 Å². The van der Waals surface area contributed by atoms with E-state index < -0.39 is 56.2 Å². The molecule has 5 atom stereocenters. The summed E-state index contributed by atoms with van der Waals surface area (Å²) in [5.74, 6) is -2.15. The Morgan fingerprint density at radius 2 is 2.03 bits per heavy atom. The minimum absolute atomic E-state index is 0.0264. The molecule has 0 spiro atoms. The number of nitrogens with one attached hydrogen (secondary N) is 2. The number of nitrogens with zero attached hydrogens (tertiary/aromatic N) is 1. The number of allylic oxidation sites excluding steroid dienone is 1. The van der Waals surface area contributed by atoms with Gasteiger partial charge in [0.25, 0.3) is 12.4 Å². The molecule has 4 N–H and O–H groups in total. The van der Waals surface area contributed by atoms with Crippen molar-refractivity contribution in [3.05, 3.63) is 12.2 Å². The van der Waals surface area contributed by atoms with Gasteiger partial charge in [0, 0.05) is 12.3 Å². The molecule has 2 saturated carbocycles. The van der Waals surface area contributed by atoms with Crippen LogP contribution in [0.25, 0.3) is 0 Å². The third-order valence-electron chi connectivity index (χ3n) is 7.76. The molecule has 0 aromatic heterocycles. The first-order valence-electron chi connectivity index (χ1n) is 12.2. The van der Waals surface area contributed by atoms with Gasteiger partial charge in [-0.05, 0) is 45.4 Å². The summed E-state index contributed by atoms with van der Waals surface area (Å²) < 4.78 is 31.7. The Labute approximate surface area is 205 Å². The molecule has 2 aliphatic heterocycles. The molecule has 2 heterocycles. The molecule has 0 radical (unpaired) electrons. The summed E-state index contributed by atoms with van der Waals surface area (Å²) in [7, 11) is -3.89. The van der Waals surface area contributed by atoms with Crippen molar-refractivity contribution >= 4 is 34.2 Å². The molecule has 0 unspecified atom stereocenters. The number of carbonyl (C=O) groups is 4. The van der Waals surface area contributed by atoms with E-state index in [1.54, 1.807) is 6.92 Å². The molecule has 1 saturated heterocycles. The van der Waals surface area contributed by atoms with E-state index in [0.29, 0.717) is 19.3 Å². The van der Waals surface area contributed by atoms with Crippen LogP contribution in [0.1, 0.15) is 64.7 Å². The quantitative estimate of drug-likeness (QED) is 0.339. The number of rotatable bonds is 5. The predicted octanol–water partition coefficient (Wildman–Crippen LogP) is -0.150. The van der Waals surface area contributed by atoms with E-state index in [-0.39, 0.29) is 31.8 Å². The fourth-order valence-corrected chi connectivity index (χ4v) is 6.25. The van der Waals surface area contributed by atoms with E-state index in [9.17, 15) is 27.6 Å². The first-order valence-corrected chi connectivity index (χ1v) is 13.7. The van der Waals surface area contributed by atoms with Gasteiger partial charge in [-0.2, -0.15) is 0 Å². The first-order chi connectivity index (χ1) is 16.5. The van der Waals surface area contributed by atoms with E-state index in [1.165, 1.54) is 4.90 Å². The number of sulfonamides is 1. The van der Waals surface area contributed by atoms with Crippen molar-refractivity contribution in [1.82, 2.24) is 14.9 Å². The standard InChI is InChI=1S/C23H34N4O7S/c1-22(9-10-22)35(32,33)26-21(31)23-12-15(23)7-5-3-2-4-6-8-17(24)20(30)27-13-16(34-14-28)11-18(27)19(29)25-23/h5,7,14-18H,2-4,6,8-13,24H2,1H3,(H,25,29)(H,26,31)/b7-5-/t15-,16-,17+,18+,23-/m1/s1. The molecular weight excluding hydrogens is 476 g/mol. The summed E-state index contributed by atoms with van der Waals surface area (Å²) in [6.45, 7) is 1.89. The normalized spacial score (nSPS) is 35.9. The SMILES string of the molecule is CC1(S(=O)(=O)NC(=O)[C@@]23C[C@H]2/C=C\CCCCC[C@H](N)C(=O)N2C[C@H](OC=O)C[C@H]2C(=O)N3)CC1. The number of hydrogen-bond acceptors (Lipinski definition) is 8. The van der Waals surface area contributed by atoms with Crippen molar-refractivity contribution < 1.29 is 32.3 Å². The number of amides is 3. The van der Waals surface area contributed by atoms with Crippen LogP contribution in [-0.4, -0.2) is 72.5 Å². The maximum Gasteiger partial charge on any atom is 0.293 e. The molecule has 11 nitrogen and oxygen atoms in total. The maximum atomic E-state index is 13.4. The van der Waals surface area contributed by atoms with Gasteiger partial charge in [0.1, 0.15) is 17.7 Å². The van der Waals surface area contributed by atoms with Crippen LogP contribution in [0.2, 0.25) is 0 Å². The minimum atomic E-state index is -3.89. The van der Waals surface area contributed by atoms with Crippen molar-refractivity contribution in [2.45, 2.75) is 93.2 Å². The molecule has 0 bridgehead atoms. The lowest BCUT2D eigenvalue weighted by Gasteiger charge is -2.28. The van der Waals surface area contributed by atoms with E-state index in [0.717, 1.165) is 25.7 Å². The Bertz CT molecular complexity index is 1020. The van der Waals surface area contributed by atoms with E-state index in [4.69, 9.17) is 10.5 Å². The number of fused-ring (bicyclic) bond motifs is 2. The van der Waals surface area contributed by atoms with E-state index >= 15 is 0 Å². The van der Waals surface area contributed by atoms with Crippen molar-refractivity contribution in [2.24, 2.45) is 11.7 Å². The third-order valence-corrected chi connectivity index (χ3v) is 9.92. The van der Waals surface area contributed by atoms with Crippen molar-refractivity contribution in [3.8, 4) is 0 Å². The lowest BCUT2D eigenvalue weighted by molar-refractivity contribution is -0.141. The molecule has 3 amide bonds. The predicted molar refractivity (Wildman–Crippen MR) is 125 cm³/mol. The van der Waals surface area contributed by atoms with Crippen LogP contribution in [0, 0.1) is 5.92 Å². The average Bonchev–Trinajstić information content (AvgIpc) is 3.67. The lowest BCUT2D eigenvalue weighted by Crippen LogP contribution is -2.58. The summed E-state index contributed by atoms with van der Waals surface area (Å²) in [6, 6.07) is -1.78. The molecular formula is C23H34N4O7S. The van der Waals surface area contributed by atoms with Crippen LogP contribution in [0.15, 0.2) is 12.2 Å². The monoisotopic (exact) mass is 510 g/mol. The van der Waals surface area contributed by atoms with Crippen LogP contribution in [-0.2, 0) is 33.9 Å². The van der Waals surface area contributed by atoms with Crippen LogP contribution in [0.4, 0.5) is 0 Å². The number of hydrogen-bond donors (Lipinski definition) is 3. The fourth-order valence-electron chi connectivity index (χ4n) is 4.93. The zero-order valence-corrected chi connectivity index (χ0v) is 20.7. The Hall–Kier alpha value is -2.47. The fraction of sp³-hybridized carbons (Fsp3) is 0.739. The van der Waals surface area contributed by atoms with Crippen LogP contribution in [0.5, 0.6) is 0 Å². The number of nitrogens with two attached hydrogens (primary N) is 1. The van der Waals surface area contributed by atoms with Gasteiger partial charge in [0.2, 0.25) is 21.8 Å². The molecule has 4 rings (SSSR count). The highest BCUT2D eigenvalue weighted by Gasteiger charge is 2.63. The van der Waals surface area contributed by atoms with Crippen molar-refractivity contribution in [3.63, 3.8) is 0 Å². The van der Waals surface area contributed by atoms with Gasteiger partial charge in [0.15, 0.2) is 0 Å². The molecule has 3 fully saturated rings. The van der Waals surface area contributed by atoms with Crippen LogP contribution >= 0.6 is 0 Å². The maximum absolute atomic E-state index is 13.4. The highest BCUT2D eigenvalue weighted by atomic mass is 32.2. The first kappa shape index (κ1) is 25.6. The van der Waals surface area contributed by atoms with Crippen LogP contribution in [0.3, 0.4) is 0 Å². The second kappa shape index (κ2) is 9.53. The molecule has 35 heavy (non-hydrogen) atoms. The average molecular weight is 511 g/mol. The van der Waals surface area contributed by atoms with Crippen LogP contribution < -0.4 is 15.8 Å². The molecule has 2 aliphatic carbocycles. The van der Waals surface area contributed by atoms with Crippen molar-refractivity contribution in [1.29, 1.82) is 0 Å². The van der Waals surface area contributed by atoms with Gasteiger partial charge in [-0.3, -0.25) is 23.9 Å². The Morgan fingerprint density at radius 1 is 1.29 bits per heavy atom. The smallest absolute Gasteiger partial charge is 0.293 e. The zero-order valence-electron chi connectivity index (χ0n) is 19.9. The van der Waals surface area contributed by atoms with Gasteiger partial charge in [-0.1, -0.05) is 25.0 Å². The summed E-state index contributed by atoms with van der Waals surface area (Å²) >= 11 is 0. The zero-order chi connectivity index (χ0) is 25.4. The van der Waals surface area contributed by atoms with E-state index in [1.807, 2.05) is 12.2 Å². The highest BCUT2D eigenvalue weighted by molar-refractivity contribution is 7.91. The largest absolute Gasteiger partial charge is 0.463 e. The molecule has 0 aromatic rings. The summed E-state index contributed by atoms with van der Waals surface area (Å²) in [6.07, 6.45) is 8.12. The van der Waals surface area contributed by atoms with Gasteiger partial charge in [-0.25, -0.2) is 8.42 Å².